The topological polar surface area (TPSA) is 107 Å². The largest absolute Gasteiger partial charge is 0.458 e. The maximum Gasteiger partial charge on any atom is 0.324 e. The van der Waals surface area contributed by atoms with Crippen molar-refractivity contribution in [3.63, 3.8) is 0 Å². The Kier molecular flexibility index (Phi) is 6.34. The van der Waals surface area contributed by atoms with Crippen molar-refractivity contribution in [1.29, 1.82) is 0 Å². The number of nitrogens with zero attached hydrogens (tertiary/aromatic N) is 2. The lowest BCUT2D eigenvalue weighted by atomic mass is 10.1. The van der Waals surface area contributed by atoms with Crippen molar-refractivity contribution in [2.45, 2.75) is 38.3 Å². The van der Waals surface area contributed by atoms with Gasteiger partial charge in [-0.05, 0) is 25.0 Å². The van der Waals surface area contributed by atoms with Crippen molar-refractivity contribution in [1.82, 2.24) is 14.1 Å². The van der Waals surface area contributed by atoms with Crippen LogP contribution in [0.15, 0.2) is 45.4 Å². The van der Waals surface area contributed by atoms with E-state index in [-0.39, 0.29) is 17.9 Å². The van der Waals surface area contributed by atoms with Crippen LogP contribution in [-0.2, 0) is 26.2 Å². The number of benzene rings is 1. The summed E-state index contributed by atoms with van der Waals surface area (Å²) in [5.74, 6) is -2.25. The maximum absolute atomic E-state index is 13.9. The molecule has 0 saturated heterocycles. The van der Waals surface area contributed by atoms with Crippen LogP contribution in [0, 0.1) is 18.7 Å². The highest BCUT2D eigenvalue weighted by Crippen LogP contribution is 2.17. The van der Waals surface area contributed by atoms with Gasteiger partial charge in [0.1, 0.15) is 23.4 Å². The zero-order valence-corrected chi connectivity index (χ0v) is 18.1. The summed E-state index contributed by atoms with van der Waals surface area (Å²) in [7, 11) is -4.29. The van der Waals surface area contributed by atoms with Gasteiger partial charge in [-0.25, -0.2) is 17.8 Å². The zero-order chi connectivity index (χ0) is 22.1. The number of esters is 1. The Morgan fingerprint density at radius 2 is 2.03 bits per heavy atom. The predicted octanol–water partition coefficient (Wildman–Crippen LogP) is 2.25. The Balaban J connectivity index is 1.76. The van der Waals surface area contributed by atoms with E-state index in [9.17, 15) is 22.4 Å². The van der Waals surface area contributed by atoms with Gasteiger partial charge in [-0.3, -0.25) is 14.0 Å². The van der Waals surface area contributed by atoms with Crippen molar-refractivity contribution in [2.75, 3.05) is 0 Å². The van der Waals surface area contributed by atoms with Crippen molar-refractivity contribution in [3.05, 3.63) is 63.3 Å². The molecule has 0 aliphatic heterocycles. The standard InChI is InChI=1S/C19H20FN3O5S2/c1-11(2)17(22-30(26,27)15-7-5-4-6-14(15)20)18(25)28-9-13-8-16(24)23-12(3)10-29-19(23)21-13/h4-8,10-11,17,22H,9H2,1-3H3. The Labute approximate surface area is 176 Å². The summed E-state index contributed by atoms with van der Waals surface area (Å²) < 4.78 is 47.8. The molecule has 160 valence electrons. The number of aryl methyl sites for hydroxylation is 1. The fraction of sp³-hybridized carbons (Fsp3) is 0.316. The molecule has 0 amide bonds. The minimum atomic E-state index is -4.29. The summed E-state index contributed by atoms with van der Waals surface area (Å²) in [6.45, 7) is 4.73. The first kappa shape index (κ1) is 22.1. The number of carbonyl (C=O) groups is 1. The van der Waals surface area contributed by atoms with Gasteiger partial charge in [0.2, 0.25) is 10.0 Å². The molecule has 11 heteroatoms. The average molecular weight is 454 g/mol. The molecule has 1 N–H and O–H groups in total. The van der Waals surface area contributed by atoms with E-state index in [1.807, 2.05) is 0 Å². The highest BCUT2D eigenvalue weighted by atomic mass is 32.2. The lowest BCUT2D eigenvalue weighted by Gasteiger charge is -2.21. The highest BCUT2D eigenvalue weighted by molar-refractivity contribution is 7.89. The predicted molar refractivity (Wildman–Crippen MR) is 109 cm³/mol. The number of ether oxygens (including phenoxy) is 1. The molecule has 1 unspecified atom stereocenters. The van der Waals surface area contributed by atoms with Crippen LogP contribution in [0.4, 0.5) is 4.39 Å². The summed E-state index contributed by atoms with van der Waals surface area (Å²) in [6.07, 6.45) is 0. The SMILES string of the molecule is Cc1csc2nc(COC(=O)C(NS(=O)(=O)c3ccccc3F)C(C)C)cc(=O)n12. The van der Waals surface area contributed by atoms with Crippen molar-refractivity contribution < 1.29 is 22.3 Å². The van der Waals surface area contributed by atoms with Gasteiger partial charge in [0.05, 0.1) is 5.69 Å². The minimum Gasteiger partial charge on any atom is -0.458 e. The average Bonchev–Trinajstić information content (AvgIpc) is 3.05. The zero-order valence-electron chi connectivity index (χ0n) is 16.5. The third kappa shape index (κ3) is 4.58. The van der Waals surface area contributed by atoms with Gasteiger partial charge in [0.15, 0.2) is 4.96 Å². The quantitative estimate of drug-likeness (QED) is 0.550. The molecule has 0 radical (unpaired) electrons. The normalized spacial score (nSPS) is 13.0. The van der Waals surface area contributed by atoms with Gasteiger partial charge in [-0.2, -0.15) is 4.72 Å². The molecule has 0 aliphatic carbocycles. The first-order valence-electron chi connectivity index (χ1n) is 9.00. The van der Waals surface area contributed by atoms with Crippen molar-refractivity contribution in [3.8, 4) is 0 Å². The van der Waals surface area contributed by atoms with Gasteiger partial charge in [0, 0.05) is 17.1 Å². The lowest BCUT2D eigenvalue weighted by Crippen LogP contribution is -2.45. The molecule has 2 heterocycles. The molecule has 0 aliphatic rings. The summed E-state index contributed by atoms with van der Waals surface area (Å²) in [5.41, 5.74) is 0.693. The van der Waals surface area contributed by atoms with E-state index in [2.05, 4.69) is 9.71 Å². The summed E-state index contributed by atoms with van der Waals surface area (Å²) in [4.78, 5) is 28.9. The third-order valence-corrected chi connectivity index (χ3v) is 6.74. The second kappa shape index (κ2) is 8.62. The van der Waals surface area contributed by atoms with Crippen LogP contribution < -0.4 is 10.3 Å². The van der Waals surface area contributed by atoms with Gasteiger partial charge < -0.3 is 4.74 Å². The van der Waals surface area contributed by atoms with Gasteiger partial charge >= 0.3 is 5.97 Å². The Morgan fingerprint density at radius 3 is 2.70 bits per heavy atom. The number of halogens is 1. The maximum atomic E-state index is 13.9. The molecule has 8 nitrogen and oxygen atoms in total. The fourth-order valence-corrected chi connectivity index (χ4v) is 5.06. The lowest BCUT2D eigenvalue weighted by molar-refractivity contribution is -0.148. The number of hydrogen-bond donors (Lipinski definition) is 1. The molecule has 2 aromatic heterocycles. The molecule has 3 rings (SSSR count). The first-order valence-corrected chi connectivity index (χ1v) is 11.4. The smallest absolute Gasteiger partial charge is 0.324 e. The summed E-state index contributed by atoms with van der Waals surface area (Å²) in [6, 6.07) is 4.88. The van der Waals surface area contributed by atoms with E-state index in [1.54, 1.807) is 26.2 Å². The number of fused-ring (bicyclic) bond motifs is 1. The van der Waals surface area contributed by atoms with Crippen LogP contribution in [0.2, 0.25) is 0 Å². The number of carbonyl (C=O) groups excluding carboxylic acids is 1. The van der Waals surface area contributed by atoms with Gasteiger partial charge in [-0.1, -0.05) is 26.0 Å². The van der Waals surface area contributed by atoms with Crippen LogP contribution in [0.3, 0.4) is 0 Å². The van der Waals surface area contributed by atoms with E-state index in [0.29, 0.717) is 4.96 Å². The molecule has 1 aromatic carbocycles. The van der Waals surface area contributed by atoms with E-state index < -0.39 is 38.7 Å². The second-order valence-corrected chi connectivity index (χ2v) is 9.48. The molecular formula is C19H20FN3O5S2. The van der Waals surface area contributed by atoms with Crippen LogP contribution in [0.25, 0.3) is 4.96 Å². The monoisotopic (exact) mass is 453 g/mol. The Bertz CT molecular complexity index is 1250. The van der Waals surface area contributed by atoms with Crippen molar-refractivity contribution >= 4 is 32.3 Å². The molecule has 0 fully saturated rings. The van der Waals surface area contributed by atoms with Crippen LogP contribution in [0.1, 0.15) is 25.2 Å². The third-order valence-electron chi connectivity index (χ3n) is 4.32. The Morgan fingerprint density at radius 1 is 1.33 bits per heavy atom. The molecule has 0 saturated carbocycles. The number of sulfonamides is 1. The minimum absolute atomic E-state index is 0.245. The fourth-order valence-electron chi connectivity index (χ4n) is 2.76. The summed E-state index contributed by atoms with van der Waals surface area (Å²) >= 11 is 1.28. The van der Waals surface area contributed by atoms with Crippen LogP contribution in [0.5, 0.6) is 0 Å². The summed E-state index contributed by atoms with van der Waals surface area (Å²) in [5, 5.41) is 1.78. The number of hydrogen-bond acceptors (Lipinski definition) is 7. The van der Waals surface area contributed by atoms with Crippen LogP contribution in [-0.4, -0.2) is 29.8 Å². The number of nitrogens with one attached hydrogen (secondary N) is 1. The van der Waals surface area contributed by atoms with Crippen LogP contribution >= 0.6 is 11.3 Å². The molecule has 0 spiro atoms. The molecule has 3 aromatic rings. The number of aromatic nitrogens is 2. The van der Waals surface area contributed by atoms with E-state index >= 15 is 0 Å². The first-order chi connectivity index (χ1) is 14.1. The van der Waals surface area contributed by atoms with E-state index in [4.69, 9.17) is 4.74 Å². The highest BCUT2D eigenvalue weighted by Gasteiger charge is 2.31. The van der Waals surface area contributed by atoms with Gasteiger partial charge in [-0.15, -0.1) is 11.3 Å². The van der Waals surface area contributed by atoms with E-state index in [1.165, 1.54) is 33.9 Å². The van der Waals surface area contributed by atoms with E-state index in [0.717, 1.165) is 17.8 Å². The molecule has 30 heavy (non-hydrogen) atoms. The van der Waals surface area contributed by atoms with Gasteiger partial charge in [0.25, 0.3) is 5.56 Å². The van der Waals surface area contributed by atoms with Crippen molar-refractivity contribution in [2.24, 2.45) is 5.92 Å². The molecule has 0 bridgehead atoms. The molecule has 1 atom stereocenters. The number of rotatable bonds is 7. The molecular weight excluding hydrogens is 433 g/mol. The number of thiazole rings is 1. The second-order valence-electron chi connectivity index (χ2n) is 6.96. The Hall–Kier alpha value is -2.63.